The van der Waals surface area contributed by atoms with Gasteiger partial charge in [-0.2, -0.15) is 0 Å². The van der Waals surface area contributed by atoms with Crippen LogP contribution in [-0.4, -0.2) is 22.1 Å². The SMILES string of the molecule is CC[C@@H](Oc1ccccc1)C(=O)Nc1ccc(O)c(-c2nc3cc(C)ccc3o2)c1. The zero-order chi connectivity index (χ0) is 21.1. The number of rotatable bonds is 6. The number of ether oxygens (including phenoxy) is 1. The van der Waals surface area contributed by atoms with Gasteiger partial charge in [-0.25, -0.2) is 4.98 Å². The number of carbonyl (C=O) groups excluding carboxylic acids is 1. The van der Waals surface area contributed by atoms with Crippen LogP contribution in [0.3, 0.4) is 0 Å². The number of nitrogens with one attached hydrogen (secondary N) is 1. The summed E-state index contributed by atoms with van der Waals surface area (Å²) in [7, 11) is 0. The predicted octanol–water partition coefficient (Wildman–Crippen LogP) is 5.30. The molecule has 1 amide bonds. The van der Waals surface area contributed by atoms with Crippen molar-refractivity contribution in [1.82, 2.24) is 4.98 Å². The maximum atomic E-state index is 12.7. The highest BCUT2D eigenvalue weighted by Gasteiger charge is 2.20. The molecule has 3 aromatic carbocycles. The van der Waals surface area contributed by atoms with Gasteiger partial charge in [-0.3, -0.25) is 4.79 Å². The number of phenols is 1. The summed E-state index contributed by atoms with van der Waals surface area (Å²) >= 11 is 0. The summed E-state index contributed by atoms with van der Waals surface area (Å²) in [6.07, 6.45) is -0.132. The van der Waals surface area contributed by atoms with Crippen LogP contribution in [0.25, 0.3) is 22.6 Å². The van der Waals surface area contributed by atoms with Crippen molar-refractivity contribution in [1.29, 1.82) is 0 Å². The van der Waals surface area contributed by atoms with Crippen LogP contribution < -0.4 is 10.1 Å². The van der Waals surface area contributed by atoms with Crippen molar-refractivity contribution in [2.45, 2.75) is 26.4 Å². The molecule has 1 heterocycles. The maximum absolute atomic E-state index is 12.7. The van der Waals surface area contributed by atoms with Crippen LogP contribution in [0.2, 0.25) is 0 Å². The quantitative estimate of drug-likeness (QED) is 0.427. The van der Waals surface area contributed by atoms with Gasteiger partial charge in [-0.05, 0) is 61.4 Å². The lowest BCUT2D eigenvalue weighted by Gasteiger charge is -2.17. The van der Waals surface area contributed by atoms with Crippen LogP contribution in [0.5, 0.6) is 11.5 Å². The van der Waals surface area contributed by atoms with Gasteiger partial charge >= 0.3 is 0 Å². The smallest absolute Gasteiger partial charge is 0.265 e. The summed E-state index contributed by atoms with van der Waals surface area (Å²) in [6.45, 7) is 3.86. The van der Waals surface area contributed by atoms with E-state index in [1.54, 1.807) is 12.1 Å². The number of hydrogen-bond acceptors (Lipinski definition) is 5. The van der Waals surface area contributed by atoms with Gasteiger partial charge in [0.25, 0.3) is 5.91 Å². The van der Waals surface area contributed by atoms with Crippen LogP contribution in [0, 0.1) is 6.92 Å². The Labute approximate surface area is 174 Å². The molecule has 1 aromatic heterocycles. The number of carbonyl (C=O) groups is 1. The standard InChI is InChI=1S/C24H22N2O4/c1-3-21(29-17-7-5-4-6-8-17)23(28)25-16-10-11-20(27)18(14-16)24-26-19-13-15(2)9-12-22(19)30-24/h4-14,21,27H,3H2,1-2H3,(H,25,28)/t21-/m1/s1. The molecule has 30 heavy (non-hydrogen) atoms. The molecule has 0 saturated heterocycles. The van der Waals surface area contributed by atoms with E-state index in [0.29, 0.717) is 34.5 Å². The molecular formula is C24H22N2O4. The van der Waals surface area contributed by atoms with E-state index < -0.39 is 6.10 Å². The molecule has 4 rings (SSSR count). The normalized spacial score (nSPS) is 11.9. The fourth-order valence-electron chi connectivity index (χ4n) is 3.15. The van der Waals surface area contributed by atoms with Gasteiger partial charge < -0.3 is 19.6 Å². The Hall–Kier alpha value is -3.80. The van der Waals surface area contributed by atoms with E-state index in [-0.39, 0.29) is 17.5 Å². The first kappa shape index (κ1) is 19.5. The number of benzene rings is 3. The minimum absolute atomic E-state index is 0.0175. The third-order valence-electron chi connectivity index (χ3n) is 4.72. The molecule has 0 bridgehead atoms. The zero-order valence-corrected chi connectivity index (χ0v) is 16.8. The number of amides is 1. The van der Waals surface area contributed by atoms with E-state index in [0.717, 1.165) is 5.56 Å². The fraction of sp³-hybridized carbons (Fsp3) is 0.167. The number of aryl methyl sites for hydroxylation is 1. The van der Waals surface area contributed by atoms with E-state index in [2.05, 4.69) is 10.3 Å². The number of nitrogens with zero attached hydrogens (tertiary/aromatic N) is 1. The highest BCUT2D eigenvalue weighted by Crippen LogP contribution is 2.33. The molecule has 0 spiro atoms. The van der Waals surface area contributed by atoms with E-state index in [1.807, 2.05) is 62.4 Å². The Balaban J connectivity index is 1.57. The van der Waals surface area contributed by atoms with Crippen LogP contribution in [0.15, 0.2) is 71.1 Å². The van der Waals surface area contributed by atoms with Gasteiger partial charge in [0.05, 0.1) is 5.56 Å². The molecule has 0 fully saturated rings. The highest BCUT2D eigenvalue weighted by atomic mass is 16.5. The second kappa shape index (κ2) is 8.29. The molecular weight excluding hydrogens is 380 g/mol. The van der Waals surface area contributed by atoms with Gasteiger partial charge in [-0.15, -0.1) is 0 Å². The number of anilines is 1. The van der Waals surface area contributed by atoms with E-state index in [1.165, 1.54) is 6.07 Å². The lowest BCUT2D eigenvalue weighted by atomic mass is 10.1. The van der Waals surface area contributed by atoms with Crippen molar-refractivity contribution in [3.8, 4) is 23.0 Å². The van der Waals surface area contributed by atoms with Crippen molar-refractivity contribution in [3.05, 3.63) is 72.3 Å². The summed E-state index contributed by atoms with van der Waals surface area (Å²) < 4.78 is 11.6. The minimum atomic E-state index is -0.642. The second-order valence-corrected chi connectivity index (χ2v) is 7.04. The highest BCUT2D eigenvalue weighted by molar-refractivity contribution is 5.95. The average Bonchev–Trinajstić information content (AvgIpc) is 3.17. The number of hydrogen-bond donors (Lipinski definition) is 2. The Kier molecular flexibility index (Phi) is 5.39. The predicted molar refractivity (Wildman–Crippen MR) is 116 cm³/mol. The van der Waals surface area contributed by atoms with Crippen LogP contribution >= 0.6 is 0 Å². The monoisotopic (exact) mass is 402 g/mol. The van der Waals surface area contributed by atoms with Crippen molar-refractivity contribution >= 4 is 22.7 Å². The van der Waals surface area contributed by atoms with E-state index in [9.17, 15) is 9.90 Å². The van der Waals surface area contributed by atoms with Crippen LogP contribution in [0.4, 0.5) is 5.69 Å². The van der Waals surface area contributed by atoms with Gasteiger partial charge in [0.2, 0.25) is 5.89 Å². The van der Waals surface area contributed by atoms with Gasteiger partial charge in [0.15, 0.2) is 11.7 Å². The van der Waals surface area contributed by atoms with E-state index >= 15 is 0 Å². The molecule has 6 nitrogen and oxygen atoms in total. The molecule has 0 aliphatic rings. The Bertz CT molecular complexity index is 1180. The summed E-state index contributed by atoms with van der Waals surface area (Å²) in [4.78, 5) is 17.2. The molecule has 0 unspecified atom stereocenters. The summed E-state index contributed by atoms with van der Waals surface area (Å²) in [5.74, 6) is 0.666. The summed E-state index contributed by atoms with van der Waals surface area (Å²) in [5, 5.41) is 13.2. The van der Waals surface area contributed by atoms with Crippen LogP contribution in [0.1, 0.15) is 18.9 Å². The number of aromatic hydroxyl groups is 1. The number of oxazole rings is 1. The molecule has 152 valence electrons. The topological polar surface area (TPSA) is 84.6 Å². The second-order valence-electron chi connectivity index (χ2n) is 7.04. The number of para-hydroxylation sites is 1. The lowest BCUT2D eigenvalue weighted by molar-refractivity contribution is -0.122. The molecule has 2 N–H and O–H groups in total. The van der Waals surface area contributed by atoms with E-state index in [4.69, 9.17) is 9.15 Å². The van der Waals surface area contributed by atoms with Crippen molar-refractivity contribution < 1.29 is 19.1 Å². The molecule has 1 atom stereocenters. The third kappa shape index (κ3) is 4.12. The zero-order valence-electron chi connectivity index (χ0n) is 16.8. The molecule has 4 aromatic rings. The first-order valence-corrected chi connectivity index (χ1v) is 9.76. The van der Waals surface area contributed by atoms with Crippen molar-refractivity contribution in [2.24, 2.45) is 0 Å². The van der Waals surface area contributed by atoms with Crippen LogP contribution in [-0.2, 0) is 4.79 Å². The Morgan fingerprint density at radius 3 is 2.70 bits per heavy atom. The average molecular weight is 402 g/mol. The number of fused-ring (bicyclic) bond motifs is 1. The number of aromatic nitrogens is 1. The largest absolute Gasteiger partial charge is 0.507 e. The fourth-order valence-corrected chi connectivity index (χ4v) is 3.15. The van der Waals surface area contributed by atoms with Crippen molar-refractivity contribution in [3.63, 3.8) is 0 Å². The van der Waals surface area contributed by atoms with Crippen molar-refractivity contribution in [2.75, 3.05) is 5.32 Å². The molecule has 6 heteroatoms. The number of phenolic OH excluding ortho intramolecular Hbond substituents is 1. The van der Waals surface area contributed by atoms with Gasteiger partial charge in [-0.1, -0.05) is 31.2 Å². The van der Waals surface area contributed by atoms with Gasteiger partial charge in [0.1, 0.15) is 17.0 Å². The Morgan fingerprint density at radius 1 is 1.13 bits per heavy atom. The third-order valence-corrected chi connectivity index (χ3v) is 4.72. The molecule has 0 saturated carbocycles. The molecule has 0 radical (unpaired) electrons. The summed E-state index contributed by atoms with van der Waals surface area (Å²) in [5.41, 5.74) is 3.32. The minimum Gasteiger partial charge on any atom is -0.507 e. The lowest BCUT2D eigenvalue weighted by Crippen LogP contribution is -2.32. The maximum Gasteiger partial charge on any atom is 0.265 e. The first-order chi connectivity index (χ1) is 14.5. The molecule has 0 aliphatic carbocycles. The molecule has 0 aliphatic heterocycles. The summed E-state index contributed by atoms with van der Waals surface area (Å²) in [6, 6.07) is 19.7. The Morgan fingerprint density at radius 2 is 1.93 bits per heavy atom. The van der Waals surface area contributed by atoms with Gasteiger partial charge in [0, 0.05) is 5.69 Å². The first-order valence-electron chi connectivity index (χ1n) is 9.76.